The highest BCUT2D eigenvalue weighted by molar-refractivity contribution is 5.93. The lowest BCUT2D eigenvalue weighted by molar-refractivity contribution is 0.419. The number of fused-ring (bicyclic) bond motifs is 1. The summed E-state index contributed by atoms with van der Waals surface area (Å²) in [5, 5.41) is 2.35. The van der Waals surface area contributed by atoms with Crippen molar-refractivity contribution >= 4 is 22.9 Å². The lowest BCUT2D eigenvalue weighted by Crippen LogP contribution is -1.89. The minimum Gasteiger partial charge on any atom is -0.495 e. The van der Waals surface area contributed by atoms with E-state index in [1.54, 1.807) is 7.11 Å². The number of aryl methyl sites for hydroxylation is 1. The van der Waals surface area contributed by atoms with E-state index in [0.717, 1.165) is 23.1 Å². The van der Waals surface area contributed by atoms with E-state index in [-0.39, 0.29) is 6.15 Å². The Bertz CT molecular complexity index is 836. The Morgan fingerprint density at radius 3 is 2.54 bits per heavy atom. The minimum atomic E-state index is 0. The van der Waals surface area contributed by atoms with Crippen LogP contribution in [0.25, 0.3) is 22.9 Å². The van der Waals surface area contributed by atoms with Gasteiger partial charge in [-0.2, -0.15) is 0 Å². The Kier molecular flexibility index (Phi) is 6.16. The molecule has 0 fully saturated rings. The number of hydrogen-bond acceptors (Lipinski definition) is 2. The standard InChI is InChI=1S/C22H22O.H3N/c1-3-7-17-8-6-9-18(16-17)12-13-20-15-14-19-10-4-5-11-21(19)22(20)23-2;/h4-6,8-16H,3,7H2,1-2H3;1H3. The molecule has 2 heteroatoms. The Labute approximate surface area is 144 Å². The van der Waals surface area contributed by atoms with E-state index in [9.17, 15) is 0 Å². The fourth-order valence-electron chi connectivity index (χ4n) is 2.95. The normalized spacial score (nSPS) is 10.8. The molecule has 0 aromatic heterocycles. The van der Waals surface area contributed by atoms with Crippen LogP contribution in [-0.4, -0.2) is 7.11 Å². The molecule has 0 unspecified atom stereocenters. The van der Waals surface area contributed by atoms with Crippen LogP contribution in [-0.2, 0) is 6.42 Å². The Balaban J connectivity index is 0.00000208. The van der Waals surface area contributed by atoms with Crippen molar-refractivity contribution in [3.8, 4) is 5.75 Å². The van der Waals surface area contributed by atoms with Crippen LogP contribution in [0.4, 0.5) is 0 Å². The van der Waals surface area contributed by atoms with Gasteiger partial charge < -0.3 is 10.9 Å². The summed E-state index contributed by atoms with van der Waals surface area (Å²) in [6.07, 6.45) is 6.59. The third-order valence-electron chi connectivity index (χ3n) is 4.06. The molecule has 0 aliphatic heterocycles. The zero-order valence-electron chi connectivity index (χ0n) is 14.5. The topological polar surface area (TPSA) is 44.2 Å². The van der Waals surface area contributed by atoms with E-state index < -0.39 is 0 Å². The van der Waals surface area contributed by atoms with Gasteiger partial charge in [-0.1, -0.05) is 86.2 Å². The molecular weight excluding hydrogens is 294 g/mol. The van der Waals surface area contributed by atoms with Gasteiger partial charge in [0.25, 0.3) is 0 Å². The molecule has 2 nitrogen and oxygen atoms in total. The quantitative estimate of drug-likeness (QED) is 0.575. The minimum absolute atomic E-state index is 0. The van der Waals surface area contributed by atoms with Crippen molar-refractivity contribution in [3.63, 3.8) is 0 Å². The SMILES string of the molecule is CCCc1cccc(C=Cc2ccc3ccccc3c2OC)c1.N. The summed E-state index contributed by atoms with van der Waals surface area (Å²) in [6, 6.07) is 21.3. The number of benzene rings is 3. The first-order valence-corrected chi connectivity index (χ1v) is 8.14. The average molecular weight is 319 g/mol. The number of hydrogen-bond donors (Lipinski definition) is 1. The van der Waals surface area contributed by atoms with E-state index >= 15 is 0 Å². The molecule has 0 saturated heterocycles. The Morgan fingerprint density at radius 2 is 1.75 bits per heavy atom. The van der Waals surface area contributed by atoms with Crippen molar-refractivity contribution in [1.29, 1.82) is 0 Å². The van der Waals surface area contributed by atoms with Crippen molar-refractivity contribution < 1.29 is 4.74 Å². The molecule has 3 N–H and O–H groups in total. The molecule has 124 valence electrons. The molecule has 0 saturated carbocycles. The smallest absolute Gasteiger partial charge is 0.133 e. The molecule has 0 amide bonds. The maximum absolute atomic E-state index is 5.66. The van der Waals surface area contributed by atoms with E-state index in [1.807, 2.05) is 6.07 Å². The molecule has 3 aromatic carbocycles. The van der Waals surface area contributed by atoms with Crippen LogP contribution in [0.3, 0.4) is 0 Å². The monoisotopic (exact) mass is 319 g/mol. The highest BCUT2D eigenvalue weighted by Crippen LogP contribution is 2.30. The van der Waals surface area contributed by atoms with Gasteiger partial charge in [0.2, 0.25) is 0 Å². The lowest BCUT2D eigenvalue weighted by Gasteiger charge is -2.09. The second kappa shape index (κ2) is 8.32. The van der Waals surface area contributed by atoms with Crippen molar-refractivity contribution in [2.45, 2.75) is 19.8 Å². The van der Waals surface area contributed by atoms with Gasteiger partial charge in [-0.25, -0.2) is 0 Å². The number of rotatable bonds is 5. The predicted octanol–water partition coefficient (Wildman–Crippen LogP) is 6.13. The molecule has 0 atom stereocenters. The van der Waals surface area contributed by atoms with Gasteiger partial charge in [0, 0.05) is 10.9 Å². The zero-order chi connectivity index (χ0) is 16.1. The molecule has 0 heterocycles. The Hall–Kier alpha value is -2.58. The van der Waals surface area contributed by atoms with E-state index in [0.29, 0.717) is 0 Å². The summed E-state index contributed by atoms with van der Waals surface area (Å²) in [7, 11) is 1.74. The molecule has 0 aliphatic carbocycles. The van der Waals surface area contributed by atoms with Crippen molar-refractivity contribution in [2.75, 3.05) is 7.11 Å². The third-order valence-corrected chi connectivity index (χ3v) is 4.06. The fraction of sp³-hybridized carbons (Fsp3) is 0.182. The lowest BCUT2D eigenvalue weighted by atomic mass is 10.0. The molecule has 3 rings (SSSR count). The van der Waals surface area contributed by atoms with Crippen molar-refractivity contribution in [2.24, 2.45) is 0 Å². The maximum atomic E-state index is 5.66. The number of ether oxygens (including phenoxy) is 1. The largest absolute Gasteiger partial charge is 0.495 e. The highest BCUT2D eigenvalue weighted by Gasteiger charge is 2.05. The average Bonchev–Trinajstić information content (AvgIpc) is 2.60. The first-order valence-electron chi connectivity index (χ1n) is 8.14. The predicted molar refractivity (Wildman–Crippen MR) is 105 cm³/mol. The molecule has 24 heavy (non-hydrogen) atoms. The number of methoxy groups -OCH3 is 1. The van der Waals surface area contributed by atoms with Crippen LogP contribution in [0, 0.1) is 0 Å². The first-order chi connectivity index (χ1) is 11.3. The van der Waals surface area contributed by atoms with Crippen LogP contribution in [0.15, 0.2) is 60.7 Å². The second-order valence-electron chi connectivity index (χ2n) is 5.74. The van der Waals surface area contributed by atoms with Crippen LogP contribution < -0.4 is 10.9 Å². The summed E-state index contributed by atoms with van der Waals surface area (Å²) in [6.45, 7) is 2.21. The van der Waals surface area contributed by atoms with Gasteiger partial charge in [0.15, 0.2) is 0 Å². The fourth-order valence-corrected chi connectivity index (χ4v) is 2.95. The van der Waals surface area contributed by atoms with Gasteiger partial charge in [-0.15, -0.1) is 0 Å². The summed E-state index contributed by atoms with van der Waals surface area (Å²) >= 11 is 0. The summed E-state index contributed by atoms with van der Waals surface area (Å²) in [5.41, 5.74) is 3.72. The van der Waals surface area contributed by atoms with Crippen molar-refractivity contribution in [3.05, 3.63) is 77.4 Å². The first kappa shape index (κ1) is 17.8. The summed E-state index contributed by atoms with van der Waals surface area (Å²) < 4.78 is 5.66. The second-order valence-corrected chi connectivity index (χ2v) is 5.74. The van der Waals surface area contributed by atoms with Crippen LogP contribution in [0.5, 0.6) is 5.75 Å². The van der Waals surface area contributed by atoms with Gasteiger partial charge in [0.05, 0.1) is 7.11 Å². The highest BCUT2D eigenvalue weighted by atomic mass is 16.5. The van der Waals surface area contributed by atoms with Gasteiger partial charge in [-0.05, 0) is 22.9 Å². The maximum Gasteiger partial charge on any atom is 0.133 e. The van der Waals surface area contributed by atoms with Gasteiger partial charge >= 0.3 is 0 Å². The molecule has 0 radical (unpaired) electrons. The molecule has 0 bridgehead atoms. The third kappa shape index (κ3) is 3.84. The molecule has 3 aromatic rings. The Morgan fingerprint density at radius 1 is 0.917 bits per heavy atom. The zero-order valence-corrected chi connectivity index (χ0v) is 14.5. The molecular formula is C22H25NO. The van der Waals surface area contributed by atoms with Gasteiger partial charge in [0.1, 0.15) is 5.75 Å². The van der Waals surface area contributed by atoms with E-state index in [1.165, 1.54) is 22.9 Å². The van der Waals surface area contributed by atoms with E-state index in [2.05, 4.69) is 73.7 Å². The van der Waals surface area contributed by atoms with E-state index in [4.69, 9.17) is 4.74 Å². The van der Waals surface area contributed by atoms with Gasteiger partial charge in [-0.3, -0.25) is 0 Å². The van der Waals surface area contributed by atoms with Crippen LogP contribution in [0.1, 0.15) is 30.0 Å². The van der Waals surface area contributed by atoms with Crippen LogP contribution in [0.2, 0.25) is 0 Å². The summed E-state index contributed by atoms with van der Waals surface area (Å²) in [4.78, 5) is 0. The van der Waals surface area contributed by atoms with Crippen molar-refractivity contribution in [1.82, 2.24) is 6.15 Å². The van der Waals surface area contributed by atoms with Crippen LogP contribution >= 0.6 is 0 Å². The summed E-state index contributed by atoms with van der Waals surface area (Å²) in [5.74, 6) is 0.934. The molecule has 0 aliphatic rings. The molecule has 0 spiro atoms.